The van der Waals surface area contributed by atoms with Crippen LogP contribution in [0.15, 0.2) is 0 Å². The van der Waals surface area contributed by atoms with Crippen LogP contribution in [0, 0.1) is 5.92 Å². The summed E-state index contributed by atoms with van der Waals surface area (Å²) in [5, 5.41) is 8.24. The Kier molecular flexibility index (Phi) is 10.8. The number of rotatable bonds is 2. The van der Waals surface area contributed by atoms with E-state index in [0.29, 0.717) is 12.5 Å². The van der Waals surface area contributed by atoms with Crippen LogP contribution >= 0.6 is 0 Å². The number of hydrogen-bond acceptors (Lipinski definition) is 1. The molecular formula is C5H13NaO. The van der Waals surface area contributed by atoms with E-state index in [1.807, 2.05) is 0 Å². The second-order valence-corrected chi connectivity index (χ2v) is 1.91. The zero-order valence-corrected chi connectivity index (χ0v) is 4.44. The predicted molar refractivity (Wildman–Crippen MR) is 33.7 cm³/mol. The third kappa shape index (κ3) is 10.9. The first-order valence-corrected chi connectivity index (χ1v) is 2.38. The van der Waals surface area contributed by atoms with Crippen LogP contribution in [0.4, 0.5) is 0 Å². The summed E-state index contributed by atoms with van der Waals surface area (Å²) in [6.45, 7) is 4.52. The Morgan fingerprint density at radius 2 is 1.86 bits per heavy atom. The maximum atomic E-state index is 8.24. The molecular weight excluding hydrogens is 99.0 g/mol. The van der Waals surface area contributed by atoms with E-state index in [1.54, 1.807) is 0 Å². The van der Waals surface area contributed by atoms with E-state index in [9.17, 15) is 0 Å². The van der Waals surface area contributed by atoms with Crippen LogP contribution in [0.5, 0.6) is 0 Å². The normalized spacial score (nSPS) is 8.57. The van der Waals surface area contributed by atoms with Gasteiger partial charge in [0.05, 0.1) is 0 Å². The number of aliphatic hydroxyl groups excluding tert-OH is 1. The Bertz CT molecular complexity index is 29.3. The van der Waals surface area contributed by atoms with Crippen molar-refractivity contribution in [3.05, 3.63) is 0 Å². The van der Waals surface area contributed by atoms with Crippen molar-refractivity contribution in [3.63, 3.8) is 0 Å². The summed E-state index contributed by atoms with van der Waals surface area (Å²) in [6, 6.07) is 0. The summed E-state index contributed by atoms with van der Waals surface area (Å²) in [4.78, 5) is 0. The molecule has 2 heteroatoms. The van der Waals surface area contributed by atoms with Crippen LogP contribution in [-0.4, -0.2) is 41.3 Å². The molecule has 0 aromatic heterocycles. The Morgan fingerprint density at radius 1 is 1.43 bits per heavy atom. The fourth-order valence-corrected chi connectivity index (χ4v) is 0.258. The Balaban J connectivity index is 0. The van der Waals surface area contributed by atoms with E-state index in [0.717, 1.165) is 6.42 Å². The van der Waals surface area contributed by atoms with Gasteiger partial charge in [-0.3, -0.25) is 0 Å². The SMILES string of the molecule is CC(C)CCO.[NaH]. The average molecular weight is 112 g/mol. The molecule has 0 fully saturated rings. The van der Waals surface area contributed by atoms with E-state index < -0.39 is 0 Å². The van der Waals surface area contributed by atoms with Gasteiger partial charge in [-0.1, -0.05) is 13.8 Å². The van der Waals surface area contributed by atoms with Crippen molar-refractivity contribution in [3.8, 4) is 0 Å². The average Bonchev–Trinajstić information content (AvgIpc) is 1.35. The standard InChI is InChI=1S/C5H12O.Na.H/c1-5(2)3-4-6;;/h5-6H,3-4H2,1-2H3;;. The Labute approximate surface area is 67.4 Å². The summed E-state index contributed by atoms with van der Waals surface area (Å²) in [6.07, 6.45) is 0.931. The molecule has 0 radical (unpaired) electrons. The van der Waals surface area contributed by atoms with Gasteiger partial charge in [-0.15, -0.1) is 0 Å². The molecule has 0 heterocycles. The van der Waals surface area contributed by atoms with Gasteiger partial charge in [-0.25, -0.2) is 0 Å². The molecule has 0 atom stereocenters. The van der Waals surface area contributed by atoms with Crippen molar-refractivity contribution in [2.75, 3.05) is 6.61 Å². The fraction of sp³-hybridized carbons (Fsp3) is 1.00. The van der Waals surface area contributed by atoms with Crippen LogP contribution in [0.25, 0.3) is 0 Å². The molecule has 0 aliphatic heterocycles. The van der Waals surface area contributed by atoms with E-state index in [-0.39, 0.29) is 29.6 Å². The maximum absolute atomic E-state index is 8.24. The van der Waals surface area contributed by atoms with Crippen molar-refractivity contribution in [2.45, 2.75) is 20.3 Å². The van der Waals surface area contributed by atoms with Gasteiger partial charge in [0.2, 0.25) is 0 Å². The molecule has 0 aromatic carbocycles. The minimum absolute atomic E-state index is 0. The molecule has 0 saturated carbocycles. The van der Waals surface area contributed by atoms with Crippen LogP contribution in [0.2, 0.25) is 0 Å². The quantitative estimate of drug-likeness (QED) is 0.512. The van der Waals surface area contributed by atoms with Crippen LogP contribution in [0.3, 0.4) is 0 Å². The summed E-state index contributed by atoms with van der Waals surface area (Å²) >= 11 is 0. The molecule has 0 rings (SSSR count). The van der Waals surface area contributed by atoms with E-state index in [1.165, 1.54) is 0 Å². The Hall–Kier alpha value is 0.960. The van der Waals surface area contributed by atoms with Gasteiger partial charge >= 0.3 is 29.6 Å². The third-order valence-electron chi connectivity index (χ3n) is 0.706. The van der Waals surface area contributed by atoms with Gasteiger partial charge in [0.1, 0.15) is 0 Å². The first-order valence-electron chi connectivity index (χ1n) is 2.38. The van der Waals surface area contributed by atoms with Crippen LogP contribution in [-0.2, 0) is 0 Å². The topological polar surface area (TPSA) is 20.2 Å². The fourth-order valence-electron chi connectivity index (χ4n) is 0.258. The summed E-state index contributed by atoms with van der Waals surface area (Å²) in [5.74, 6) is 0.648. The van der Waals surface area contributed by atoms with E-state index in [2.05, 4.69) is 13.8 Å². The molecule has 0 saturated heterocycles. The van der Waals surface area contributed by atoms with E-state index >= 15 is 0 Å². The summed E-state index contributed by atoms with van der Waals surface area (Å²) < 4.78 is 0. The second kappa shape index (κ2) is 6.96. The Morgan fingerprint density at radius 3 is 1.86 bits per heavy atom. The minimum atomic E-state index is 0. The molecule has 1 nitrogen and oxygen atoms in total. The van der Waals surface area contributed by atoms with Crippen molar-refractivity contribution in [1.29, 1.82) is 0 Å². The van der Waals surface area contributed by atoms with Gasteiger partial charge in [-0.05, 0) is 12.3 Å². The number of hydrogen-bond donors (Lipinski definition) is 1. The molecule has 0 aliphatic carbocycles. The van der Waals surface area contributed by atoms with E-state index in [4.69, 9.17) is 5.11 Å². The first-order chi connectivity index (χ1) is 2.77. The first kappa shape index (κ1) is 10.9. The van der Waals surface area contributed by atoms with Gasteiger partial charge < -0.3 is 5.11 Å². The van der Waals surface area contributed by atoms with Gasteiger partial charge in [0.25, 0.3) is 0 Å². The molecule has 1 N–H and O–H groups in total. The molecule has 0 bridgehead atoms. The summed E-state index contributed by atoms with van der Waals surface area (Å²) in [7, 11) is 0. The zero-order chi connectivity index (χ0) is 4.99. The number of aliphatic hydroxyl groups is 1. The van der Waals surface area contributed by atoms with Crippen LogP contribution < -0.4 is 0 Å². The second-order valence-electron chi connectivity index (χ2n) is 1.91. The van der Waals surface area contributed by atoms with Gasteiger partial charge in [0.15, 0.2) is 0 Å². The molecule has 0 aromatic rings. The van der Waals surface area contributed by atoms with Crippen molar-refractivity contribution in [2.24, 2.45) is 5.92 Å². The molecule has 40 valence electrons. The molecule has 7 heavy (non-hydrogen) atoms. The van der Waals surface area contributed by atoms with Crippen LogP contribution in [0.1, 0.15) is 20.3 Å². The van der Waals surface area contributed by atoms with Crippen molar-refractivity contribution < 1.29 is 5.11 Å². The molecule has 0 spiro atoms. The predicted octanol–water partition coefficient (Wildman–Crippen LogP) is 0.376. The summed E-state index contributed by atoms with van der Waals surface area (Å²) in [5.41, 5.74) is 0. The zero-order valence-electron chi connectivity index (χ0n) is 4.44. The monoisotopic (exact) mass is 112 g/mol. The van der Waals surface area contributed by atoms with Gasteiger partial charge in [0, 0.05) is 6.61 Å². The van der Waals surface area contributed by atoms with Gasteiger partial charge in [-0.2, -0.15) is 0 Å². The molecule has 0 amide bonds. The van der Waals surface area contributed by atoms with Crippen molar-refractivity contribution >= 4 is 29.6 Å². The van der Waals surface area contributed by atoms with Crippen molar-refractivity contribution in [1.82, 2.24) is 0 Å². The third-order valence-corrected chi connectivity index (χ3v) is 0.706. The molecule has 0 aliphatic rings. The molecule has 0 unspecified atom stereocenters.